The average Bonchev–Trinajstić information content (AvgIpc) is 3.07. The molecule has 0 fully saturated rings. The fraction of sp³-hybridized carbons (Fsp3) is 0.176. The van der Waals surface area contributed by atoms with Crippen molar-refractivity contribution < 1.29 is 0 Å². The Labute approximate surface area is 120 Å². The molecular formula is C17H12S2. The minimum atomic E-state index is 0.690. The maximum atomic E-state index is 2.32. The average molecular weight is 280 g/mol. The molecule has 2 heterocycles. The molecule has 92 valence electrons. The molecule has 0 atom stereocenters. The summed E-state index contributed by atoms with van der Waals surface area (Å²) in [6.07, 6.45) is 2.44. The summed E-state index contributed by atoms with van der Waals surface area (Å²) in [6.45, 7) is 0. The Kier molecular flexibility index (Phi) is 1.97. The Morgan fingerprint density at radius 2 is 1.37 bits per heavy atom. The van der Waals surface area contributed by atoms with Crippen LogP contribution in [0.4, 0.5) is 0 Å². The van der Waals surface area contributed by atoms with Gasteiger partial charge in [-0.1, -0.05) is 18.2 Å². The van der Waals surface area contributed by atoms with Crippen LogP contribution in [0.25, 0.3) is 20.9 Å². The van der Waals surface area contributed by atoms with Gasteiger partial charge in [0.2, 0.25) is 0 Å². The summed E-state index contributed by atoms with van der Waals surface area (Å²) in [4.78, 5) is 3.02. The van der Waals surface area contributed by atoms with E-state index in [1.54, 1.807) is 16.7 Å². The zero-order valence-corrected chi connectivity index (χ0v) is 12.0. The van der Waals surface area contributed by atoms with Gasteiger partial charge in [0.25, 0.3) is 0 Å². The van der Waals surface area contributed by atoms with Crippen molar-refractivity contribution in [2.75, 3.05) is 0 Å². The highest BCUT2D eigenvalue weighted by atomic mass is 32.1. The lowest BCUT2D eigenvalue weighted by atomic mass is 9.73. The van der Waals surface area contributed by atoms with E-state index in [1.807, 2.05) is 22.7 Å². The number of rotatable bonds is 0. The highest BCUT2D eigenvalue weighted by Gasteiger charge is 2.32. The van der Waals surface area contributed by atoms with Gasteiger partial charge in [-0.15, -0.1) is 22.7 Å². The minimum absolute atomic E-state index is 0.690. The molecule has 19 heavy (non-hydrogen) atoms. The first-order valence-electron chi connectivity index (χ1n) is 6.68. The van der Waals surface area contributed by atoms with Gasteiger partial charge in [0, 0.05) is 9.75 Å². The molecule has 2 heteroatoms. The van der Waals surface area contributed by atoms with Crippen molar-refractivity contribution in [3.05, 3.63) is 57.8 Å². The Balaban J connectivity index is 1.89. The molecule has 0 radical (unpaired) electrons. The zero-order valence-electron chi connectivity index (χ0n) is 10.3. The molecule has 0 N–H and O–H groups in total. The van der Waals surface area contributed by atoms with E-state index in [-0.39, 0.29) is 0 Å². The maximum Gasteiger partial charge on any atom is 0.0378 e. The predicted octanol–water partition coefficient (Wildman–Crippen LogP) is 5.34. The van der Waals surface area contributed by atoms with E-state index in [4.69, 9.17) is 0 Å². The number of benzene rings is 1. The van der Waals surface area contributed by atoms with Crippen LogP contribution < -0.4 is 0 Å². The highest BCUT2D eigenvalue weighted by molar-refractivity contribution is 7.14. The number of hydrogen-bond donors (Lipinski definition) is 0. The van der Waals surface area contributed by atoms with Gasteiger partial charge in [-0.05, 0) is 69.5 Å². The number of fused-ring (bicyclic) bond motifs is 4. The molecule has 3 aromatic rings. The van der Waals surface area contributed by atoms with Gasteiger partial charge in [-0.25, -0.2) is 0 Å². The van der Waals surface area contributed by atoms with Crippen molar-refractivity contribution in [3.8, 4) is 20.9 Å². The summed E-state index contributed by atoms with van der Waals surface area (Å²) in [6, 6.07) is 11.5. The van der Waals surface area contributed by atoms with E-state index in [0.717, 1.165) is 0 Å². The quantitative estimate of drug-likeness (QED) is 0.521. The van der Waals surface area contributed by atoms with E-state index in [2.05, 4.69) is 41.1 Å². The van der Waals surface area contributed by atoms with E-state index in [9.17, 15) is 0 Å². The van der Waals surface area contributed by atoms with Gasteiger partial charge in [0.15, 0.2) is 0 Å². The van der Waals surface area contributed by atoms with E-state index < -0.39 is 0 Å². The molecule has 5 rings (SSSR count). The Bertz CT molecular complexity index is 729. The fourth-order valence-corrected chi connectivity index (χ4v) is 5.63. The molecule has 0 unspecified atom stereocenters. The van der Waals surface area contributed by atoms with Crippen molar-refractivity contribution in [2.24, 2.45) is 0 Å². The van der Waals surface area contributed by atoms with E-state index in [1.165, 1.54) is 33.7 Å². The predicted molar refractivity (Wildman–Crippen MR) is 83.2 cm³/mol. The third-order valence-corrected chi connectivity index (χ3v) is 6.41. The lowest BCUT2D eigenvalue weighted by Gasteiger charge is -2.31. The SMILES string of the molecule is c1cc2c3c(c1)-c1sccc1CC3Cc1ccsc1-2. The normalized spacial score (nSPS) is 15.8. The molecule has 2 aromatic heterocycles. The molecule has 2 aliphatic rings. The zero-order chi connectivity index (χ0) is 12.4. The summed E-state index contributed by atoms with van der Waals surface area (Å²) in [5, 5.41) is 4.49. The van der Waals surface area contributed by atoms with Gasteiger partial charge in [-0.3, -0.25) is 0 Å². The molecule has 0 saturated carbocycles. The van der Waals surface area contributed by atoms with Crippen LogP contribution in [0.1, 0.15) is 22.6 Å². The first kappa shape index (κ1) is 10.4. The van der Waals surface area contributed by atoms with Crippen molar-refractivity contribution >= 4 is 22.7 Å². The molecular weight excluding hydrogens is 268 g/mol. The van der Waals surface area contributed by atoms with Crippen molar-refractivity contribution in [3.63, 3.8) is 0 Å². The summed E-state index contributed by atoms with van der Waals surface area (Å²) in [5.74, 6) is 0.690. The van der Waals surface area contributed by atoms with Crippen LogP contribution >= 0.6 is 22.7 Å². The first-order chi connectivity index (χ1) is 9.42. The highest BCUT2D eigenvalue weighted by Crippen LogP contribution is 2.52. The molecule has 0 spiro atoms. The molecule has 1 aromatic carbocycles. The van der Waals surface area contributed by atoms with Crippen LogP contribution in [0.5, 0.6) is 0 Å². The van der Waals surface area contributed by atoms with Gasteiger partial charge in [0.05, 0.1) is 0 Å². The second kappa shape index (κ2) is 3.59. The number of thiophene rings is 2. The van der Waals surface area contributed by atoms with Crippen molar-refractivity contribution in [2.45, 2.75) is 18.8 Å². The monoisotopic (exact) mass is 280 g/mol. The van der Waals surface area contributed by atoms with Crippen molar-refractivity contribution in [1.29, 1.82) is 0 Å². The Hall–Kier alpha value is -1.38. The largest absolute Gasteiger partial charge is 0.144 e. The first-order valence-corrected chi connectivity index (χ1v) is 8.44. The fourth-order valence-electron chi connectivity index (χ4n) is 3.67. The van der Waals surface area contributed by atoms with Crippen LogP contribution in [0.2, 0.25) is 0 Å². The second-order valence-electron chi connectivity index (χ2n) is 5.42. The Morgan fingerprint density at radius 3 is 1.95 bits per heavy atom. The topological polar surface area (TPSA) is 0 Å². The van der Waals surface area contributed by atoms with Crippen LogP contribution in [0.3, 0.4) is 0 Å². The minimum Gasteiger partial charge on any atom is -0.144 e. The molecule has 0 aliphatic heterocycles. The van der Waals surface area contributed by atoms with E-state index >= 15 is 0 Å². The Morgan fingerprint density at radius 1 is 0.789 bits per heavy atom. The van der Waals surface area contributed by atoms with Gasteiger partial charge in [-0.2, -0.15) is 0 Å². The summed E-state index contributed by atoms with van der Waals surface area (Å²) < 4.78 is 0. The lowest BCUT2D eigenvalue weighted by Crippen LogP contribution is -2.16. The van der Waals surface area contributed by atoms with Crippen molar-refractivity contribution in [1.82, 2.24) is 0 Å². The molecule has 0 saturated heterocycles. The molecule has 2 aliphatic carbocycles. The van der Waals surface area contributed by atoms with Crippen LogP contribution in [0.15, 0.2) is 41.1 Å². The van der Waals surface area contributed by atoms with Crippen LogP contribution in [0, 0.1) is 0 Å². The van der Waals surface area contributed by atoms with Gasteiger partial charge in [0.1, 0.15) is 0 Å². The smallest absolute Gasteiger partial charge is 0.0378 e. The van der Waals surface area contributed by atoms with Gasteiger partial charge < -0.3 is 0 Å². The molecule has 0 amide bonds. The summed E-state index contributed by atoms with van der Waals surface area (Å²) >= 11 is 3.80. The lowest BCUT2D eigenvalue weighted by molar-refractivity contribution is 0.670. The molecule has 0 bridgehead atoms. The van der Waals surface area contributed by atoms with E-state index in [0.29, 0.717) is 5.92 Å². The maximum absolute atomic E-state index is 2.32. The third kappa shape index (κ3) is 1.28. The van der Waals surface area contributed by atoms with Crippen LogP contribution in [-0.4, -0.2) is 0 Å². The van der Waals surface area contributed by atoms with Crippen LogP contribution in [-0.2, 0) is 12.8 Å². The molecule has 0 nitrogen and oxygen atoms in total. The third-order valence-electron chi connectivity index (χ3n) is 4.43. The van der Waals surface area contributed by atoms with Gasteiger partial charge >= 0.3 is 0 Å². The summed E-state index contributed by atoms with van der Waals surface area (Å²) in [5.41, 5.74) is 7.72. The summed E-state index contributed by atoms with van der Waals surface area (Å²) in [7, 11) is 0. The number of hydrogen-bond acceptors (Lipinski definition) is 2. The standard InChI is InChI=1S/C17H12S2/c1-2-13-15-12(8-10-4-6-18-16(10)13)9-11-5-7-19-17(11)14(15)3-1/h1-7,12H,8-9H2. The second-order valence-corrected chi connectivity index (χ2v) is 7.25.